The molecule has 0 unspecified atom stereocenters. The molecule has 148 valence electrons. The van der Waals surface area contributed by atoms with Gasteiger partial charge in [0.2, 0.25) is 0 Å². The molecule has 0 aliphatic carbocycles. The SMILES string of the molecule is C/C(=C\c1cnc(C(c2ccccc2)(c2ccccc2)c2ccccc2)[nH]1)C(=O)O. The predicted octanol–water partition coefficient (Wildman–Crippen LogP) is 5.28. The van der Waals surface area contributed by atoms with E-state index in [1.54, 1.807) is 19.2 Å². The fourth-order valence-corrected chi connectivity index (χ4v) is 3.87. The van der Waals surface area contributed by atoms with Crippen LogP contribution < -0.4 is 0 Å². The van der Waals surface area contributed by atoms with E-state index in [1.165, 1.54) is 0 Å². The molecule has 0 spiro atoms. The van der Waals surface area contributed by atoms with Crippen LogP contribution in [0.1, 0.15) is 35.1 Å². The van der Waals surface area contributed by atoms with Crippen LogP contribution in [0.15, 0.2) is 103 Å². The zero-order chi connectivity index (χ0) is 21.0. The molecular formula is C26H22N2O2. The highest BCUT2D eigenvalue weighted by atomic mass is 16.4. The molecule has 4 rings (SSSR count). The number of H-pyrrole nitrogens is 1. The molecule has 0 atom stereocenters. The van der Waals surface area contributed by atoms with Crippen molar-refractivity contribution < 1.29 is 9.90 Å². The lowest BCUT2D eigenvalue weighted by molar-refractivity contribution is -0.132. The third kappa shape index (κ3) is 3.44. The van der Waals surface area contributed by atoms with E-state index < -0.39 is 11.4 Å². The third-order valence-electron chi connectivity index (χ3n) is 5.28. The highest BCUT2D eigenvalue weighted by molar-refractivity contribution is 5.91. The van der Waals surface area contributed by atoms with Gasteiger partial charge in [-0.15, -0.1) is 0 Å². The summed E-state index contributed by atoms with van der Waals surface area (Å²) < 4.78 is 0. The monoisotopic (exact) mass is 394 g/mol. The smallest absolute Gasteiger partial charge is 0.331 e. The number of nitrogens with zero attached hydrogens (tertiary/aromatic N) is 1. The van der Waals surface area contributed by atoms with Crippen LogP contribution in [0.4, 0.5) is 0 Å². The zero-order valence-electron chi connectivity index (χ0n) is 16.6. The molecule has 0 radical (unpaired) electrons. The minimum Gasteiger partial charge on any atom is -0.478 e. The lowest BCUT2D eigenvalue weighted by atomic mass is 9.69. The summed E-state index contributed by atoms with van der Waals surface area (Å²) in [5.41, 5.74) is 3.44. The molecule has 3 aromatic carbocycles. The molecule has 4 aromatic rings. The molecule has 0 aliphatic heterocycles. The minimum absolute atomic E-state index is 0.245. The maximum Gasteiger partial charge on any atom is 0.331 e. The summed E-state index contributed by atoms with van der Waals surface area (Å²) in [4.78, 5) is 19.4. The van der Waals surface area contributed by atoms with Crippen molar-refractivity contribution in [3.05, 3.63) is 131 Å². The van der Waals surface area contributed by atoms with Crippen LogP contribution in [0, 0.1) is 0 Å². The third-order valence-corrected chi connectivity index (χ3v) is 5.28. The van der Waals surface area contributed by atoms with Gasteiger partial charge in [-0.3, -0.25) is 0 Å². The van der Waals surface area contributed by atoms with Gasteiger partial charge in [-0.1, -0.05) is 91.0 Å². The Kier molecular flexibility index (Phi) is 5.31. The molecule has 30 heavy (non-hydrogen) atoms. The number of hydrogen-bond acceptors (Lipinski definition) is 2. The fraction of sp³-hybridized carbons (Fsp3) is 0.0769. The van der Waals surface area contributed by atoms with E-state index in [0.29, 0.717) is 5.69 Å². The Hall–Kier alpha value is -3.92. The molecule has 0 saturated heterocycles. The molecule has 1 aromatic heterocycles. The second kappa shape index (κ2) is 8.21. The van der Waals surface area contributed by atoms with Gasteiger partial charge in [-0.2, -0.15) is 0 Å². The molecule has 0 fully saturated rings. The number of carbonyl (C=O) groups is 1. The molecule has 0 aliphatic rings. The summed E-state index contributed by atoms with van der Waals surface area (Å²) in [6, 6.07) is 30.7. The number of aliphatic carboxylic acids is 1. The molecule has 0 saturated carbocycles. The van der Waals surface area contributed by atoms with E-state index in [1.807, 2.05) is 54.6 Å². The normalized spacial score (nSPS) is 12.0. The Morgan fingerprint density at radius 3 is 1.67 bits per heavy atom. The standard InChI is InChI=1S/C26H22N2O2/c1-19(24(29)30)17-23-18-27-25(28-23)26(20-11-5-2-6-12-20,21-13-7-3-8-14-21)22-15-9-4-10-16-22/h2-18H,1H3,(H,27,28)(H,29,30)/b19-17+. The summed E-state index contributed by atoms with van der Waals surface area (Å²) in [5, 5.41) is 9.24. The van der Waals surface area contributed by atoms with Crippen LogP contribution in [0.5, 0.6) is 0 Å². The molecule has 2 N–H and O–H groups in total. The number of hydrogen-bond donors (Lipinski definition) is 2. The van der Waals surface area contributed by atoms with Crippen molar-refractivity contribution in [2.75, 3.05) is 0 Å². The second-order valence-electron chi connectivity index (χ2n) is 7.17. The number of aromatic amines is 1. The second-order valence-corrected chi connectivity index (χ2v) is 7.17. The average Bonchev–Trinajstić information content (AvgIpc) is 3.25. The van der Waals surface area contributed by atoms with E-state index >= 15 is 0 Å². The number of carboxylic acid groups (broad SMARTS) is 1. The minimum atomic E-state index is -0.952. The van der Waals surface area contributed by atoms with Gasteiger partial charge in [-0.25, -0.2) is 9.78 Å². The summed E-state index contributed by atoms with van der Waals surface area (Å²) >= 11 is 0. The van der Waals surface area contributed by atoms with Gasteiger partial charge in [0.25, 0.3) is 0 Å². The van der Waals surface area contributed by atoms with E-state index in [2.05, 4.69) is 41.4 Å². The molecular weight excluding hydrogens is 372 g/mol. The number of imidazole rings is 1. The first kappa shape index (κ1) is 19.4. The van der Waals surface area contributed by atoms with Gasteiger partial charge in [0.1, 0.15) is 11.2 Å². The first-order valence-electron chi connectivity index (χ1n) is 9.76. The lowest BCUT2D eigenvalue weighted by Gasteiger charge is -2.34. The van der Waals surface area contributed by atoms with E-state index in [-0.39, 0.29) is 5.57 Å². The Balaban J connectivity index is 2.03. The Bertz CT molecular complexity index is 1070. The van der Waals surface area contributed by atoms with Crippen LogP contribution >= 0.6 is 0 Å². The van der Waals surface area contributed by atoms with Gasteiger partial charge in [0, 0.05) is 5.57 Å². The van der Waals surface area contributed by atoms with Crippen LogP contribution in [0.2, 0.25) is 0 Å². The summed E-state index contributed by atoms with van der Waals surface area (Å²) in [6.07, 6.45) is 3.29. The molecule has 4 heteroatoms. The van der Waals surface area contributed by atoms with E-state index in [9.17, 15) is 9.90 Å². The summed E-state index contributed by atoms with van der Waals surface area (Å²) in [5.74, 6) is -0.220. The highest BCUT2D eigenvalue weighted by Crippen LogP contribution is 2.43. The number of rotatable bonds is 6. The molecule has 1 heterocycles. The van der Waals surface area contributed by atoms with Gasteiger partial charge < -0.3 is 10.1 Å². The largest absolute Gasteiger partial charge is 0.478 e. The number of nitrogens with one attached hydrogen (secondary N) is 1. The molecule has 4 nitrogen and oxygen atoms in total. The van der Waals surface area contributed by atoms with Crippen molar-refractivity contribution in [1.29, 1.82) is 0 Å². The van der Waals surface area contributed by atoms with Crippen molar-refractivity contribution in [2.24, 2.45) is 0 Å². The van der Waals surface area contributed by atoms with Crippen molar-refractivity contribution in [1.82, 2.24) is 9.97 Å². The van der Waals surface area contributed by atoms with Gasteiger partial charge in [0.05, 0.1) is 11.9 Å². The van der Waals surface area contributed by atoms with Crippen molar-refractivity contribution in [3.63, 3.8) is 0 Å². The topological polar surface area (TPSA) is 66.0 Å². The first-order valence-corrected chi connectivity index (χ1v) is 9.76. The Morgan fingerprint density at radius 1 is 0.833 bits per heavy atom. The van der Waals surface area contributed by atoms with Crippen LogP contribution in [-0.2, 0) is 10.2 Å². The van der Waals surface area contributed by atoms with Crippen LogP contribution in [0.25, 0.3) is 6.08 Å². The summed E-state index contributed by atoms with van der Waals surface area (Å²) in [7, 11) is 0. The lowest BCUT2D eigenvalue weighted by Crippen LogP contribution is -2.32. The average molecular weight is 394 g/mol. The Labute approximate surface area is 175 Å². The first-order chi connectivity index (χ1) is 14.6. The van der Waals surface area contributed by atoms with Gasteiger partial charge >= 0.3 is 5.97 Å². The van der Waals surface area contributed by atoms with E-state index in [0.717, 1.165) is 22.5 Å². The van der Waals surface area contributed by atoms with Gasteiger partial charge in [-0.05, 0) is 29.7 Å². The highest BCUT2D eigenvalue weighted by Gasteiger charge is 2.40. The van der Waals surface area contributed by atoms with E-state index in [4.69, 9.17) is 4.98 Å². The van der Waals surface area contributed by atoms with Crippen LogP contribution in [-0.4, -0.2) is 21.0 Å². The van der Waals surface area contributed by atoms with Crippen molar-refractivity contribution >= 4 is 12.0 Å². The van der Waals surface area contributed by atoms with Crippen molar-refractivity contribution in [3.8, 4) is 0 Å². The maximum absolute atomic E-state index is 11.3. The maximum atomic E-state index is 11.3. The van der Waals surface area contributed by atoms with Crippen molar-refractivity contribution in [2.45, 2.75) is 12.3 Å². The van der Waals surface area contributed by atoms with Gasteiger partial charge in [0.15, 0.2) is 0 Å². The predicted molar refractivity (Wildman–Crippen MR) is 118 cm³/mol. The molecule has 0 bridgehead atoms. The molecule has 0 amide bonds. The fourth-order valence-electron chi connectivity index (χ4n) is 3.87. The van der Waals surface area contributed by atoms with Crippen LogP contribution in [0.3, 0.4) is 0 Å². The number of carboxylic acids is 1. The zero-order valence-corrected chi connectivity index (χ0v) is 16.6. The number of aromatic nitrogens is 2. The quantitative estimate of drug-likeness (QED) is 0.345. The summed E-state index contributed by atoms with van der Waals surface area (Å²) in [6.45, 7) is 1.57. The Morgan fingerprint density at radius 2 is 1.27 bits per heavy atom. The number of benzene rings is 3.